The normalized spacial score (nSPS) is 13.7. The van der Waals surface area contributed by atoms with Crippen molar-refractivity contribution >= 4 is 5.91 Å². The van der Waals surface area contributed by atoms with Crippen molar-refractivity contribution in [2.75, 3.05) is 20.8 Å². The number of benzene rings is 2. The quantitative estimate of drug-likeness (QED) is 0.601. The van der Waals surface area contributed by atoms with Crippen LogP contribution in [0.25, 0.3) is 0 Å². The van der Waals surface area contributed by atoms with Gasteiger partial charge in [-0.15, -0.1) is 0 Å². The van der Waals surface area contributed by atoms with E-state index in [-0.39, 0.29) is 5.91 Å². The molecule has 0 unspecified atom stereocenters. The number of nitrogens with one attached hydrogen (secondary N) is 1. The first kappa shape index (κ1) is 23.2. The van der Waals surface area contributed by atoms with Crippen LogP contribution in [0.15, 0.2) is 83.1 Å². The molecular formula is C26H30N2O4. The third kappa shape index (κ3) is 6.02. The van der Waals surface area contributed by atoms with E-state index in [9.17, 15) is 4.79 Å². The van der Waals surface area contributed by atoms with Crippen molar-refractivity contribution in [1.82, 2.24) is 5.32 Å². The van der Waals surface area contributed by atoms with Gasteiger partial charge in [-0.3, -0.25) is 4.79 Å². The van der Waals surface area contributed by atoms with Crippen LogP contribution in [0, 0.1) is 0 Å². The maximum atomic E-state index is 12.8. The lowest BCUT2D eigenvalue weighted by atomic mass is 10.0. The standard InChI is InChI=1S/C26H30N2O4/c1-4-19-14-25(27)24(12-11-20(19)17-30-2)26(29)28-16-18-7-5-9-22(13-18)32-23-10-6-8-21(15-23)31-3/h5-13,15H,4,14,16-17,27H2,1-3H3,(H,28,29). The van der Waals surface area contributed by atoms with Crippen LogP contribution in [0.3, 0.4) is 0 Å². The highest BCUT2D eigenvalue weighted by Gasteiger charge is 2.16. The minimum atomic E-state index is -0.202. The van der Waals surface area contributed by atoms with Crippen molar-refractivity contribution in [1.29, 1.82) is 0 Å². The molecule has 0 aromatic heterocycles. The Morgan fingerprint density at radius 2 is 1.75 bits per heavy atom. The maximum Gasteiger partial charge on any atom is 0.253 e. The van der Waals surface area contributed by atoms with Gasteiger partial charge in [0.15, 0.2) is 0 Å². The molecule has 0 aliphatic heterocycles. The van der Waals surface area contributed by atoms with Gasteiger partial charge < -0.3 is 25.3 Å². The molecule has 32 heavy (non-hydrogen) atoms. The summed E-state index contributed by atoms with van der Waals surface area (Å²) in [4.78, 5) is 12.8. The Balaban J connectivity index is 1.66. The van der Waals surface area contributed by atoms with Gasteiger partial charge in [-0.05, 0) is 47.9 Å². The van der Waals surface area contributed by atoms with Crippen LogP contribution in [0.5, 0.6) is 17.2 Å². The first-order valence-electron chi connectivity index (χ1n) is 10.6. The van der Waals surface area contributed by atoms with E-state index in [4.69, 9.17) is 19.9 Å². The molecule has 0 spiro atoms. The molecule has 1 aliphatic carbocycles. The highest BCUT2D eigenvalue weighted by atomic mass is 16.5. The van der Waals surface area contributed by atoms with Gasteiger partial charge in [-0.1, -0.05) is 36.8 Å². The Bertz CT molecular complexity index is 1050. The summed E-state index contributed by atoms with van der Waals surface area (Å²) in [6, 6.07) is 15.0. The van der Waals surface area contributed by atoms with Crippen LogP contribution in [0.1, 0.15) is 25.3 Å². The zero-order valence-electron chi connectivity index (χ0n) is 18.8. The average Bonchev–Trinajstić information content (AvgIpc) is 2.96. The van der Waals surface area contributed by atoms with Gasteiger partial charge in [-0.2, -0.15) is 0 Å². The molecule has 6 nitrogen and oxygen atoms in total. The van der Waals surface area contributed by atoms with Crippen molar-refractivity contribution < 1.29 is 19.0 Å². The summed E-state index contributed by atoms with van der Waals surface area (Å²) >= 11 is 0. The smallest absolute Gasteiger partial charge is 0.253 e. The van der Waals surface area contributed by atoms with Crippen molar-refractivity contribution in [3.8, 4) is 17.2 Å². The Labute approximate surface area is 189 Å². The summed E-state index contributed by atoms with van der Waals surface area (Å²) in [6.45, 7) is 2.94. The first-order valence-corrected chi connectivity index (χ1v) is 10.6. The topological polar surface area (TPSA) is 82.8 Å². The van der Waals surface area contributed by atoms with Crippen LogP contribution in [0.4, 0.5) is 0 Å². The molecule has 0 saturated carbocycles. The summed E-state index contributed by atoms with van der Waals surface area (Å²) < 4.78 is 16.4. The third-order valence-corrected chi connectivity index (χ3v) is 5.25. The van der Waals surface area contributed by atoms with E-state index in [0.29, 0.717) is 42.3 Å². The predicted molar refractivity (Wildman–Crippen MR) is 126 cm³/mol. The van der Waals surface area contributed by atoms with Crippen LogP contribution in [0.2, 0.25) is 0 Å². The van der Waals surface area contributed by atoms with Gasteiger partial charge in [0, 0.05) is 31.8 Å². The summed E-state index contributed by atoms with van der Waals surface area (Å²) in [6.07, 6.45) is 5.14. The Morgan fingerprint density at radius 1 is 1.03 bits per heavy atom. The lowest BCUT2D eigenvalue weighted by molar-refractivity contribution is -0.117. The fourth-order valence-corrected chi connectivity index (χ4v) is 3.52. The summed E-state index contributed by atoms with van der Waals surface area (Å²) in [5, 5.41) is 2.96. The van der Waals surface area contributed by atoms with Crippen molar-refractivity contribution in [3.05, 3.63) is 88.7 Å². The highest BCUT2D eigenvalue weighted by molar-refractivity contribution is 5.97. The van der Waals surface area contributed by atoms with E-state index in [1.165, 1.54) is 5.57 Å². The fourth-order valence-electron chi connectivity index (χ4n) is 3.52. The SMILES string of the molecule is CCC1=C(COC)C=CC(C(=O)NCc2cccc(Oc3cccc(OC)c3)c2)=C(N)C1. The molecule has 0 fully saturated rings. The second-order valence-electron chi connectivity index (χ2n) is 7.48. The van der Waals surface area contributed by atoms with E-state index in [2.05, 4.69) is 12.2 Å². The number of hydrogen-bond donors (Lipinski definition) is 2. The number of rotatable bonds is 9. The minimum Gasteiger partial charge on any atom is -0.497 e. The molecule has 0 heterocycles. The molecule has 3 N–H and O–H groups in total. The van der Waals surface area contributed by atoms with Crippen LogP contribution < -0.4 is 20.5 Å². The largest absolute Gasteiger partial charge is 0.497 e. The molecule has 1 aliphatic rings. The maximum absolute atomic E-state index is 12.8. The molecule has 1 amide bonds. The molecule has 0 radical (unpaired) electrons. The molecule has 3 rings (SSSR count). The average molecular weight is 435 g/mol. The zero-order valence-corrected chi connectivity index (χ0v) is 18.8. The lowest BCUT2D eigenvalue weighted by Gasteiger charge is -2.11. The second kappa shape index (κ2) is 11.2. The summed E-state index contributed by atoms with van der Waals surface area (Å²) in [5.74, 6) is 1.88. The molecule has 0 atom stereocenters. The second-order valence-corrected chi connectivity index (χ2v) is 7.48. The van der Waals surface area contributed by atoms with Gasteiger partial charge >= 0.3 is 0 Å². The molecule has 6 heteroatoms. The summed E-state index contributed by atoms with van der Waals surface area (Å²) in [5.41, 5.74) is 10.5. The number of amides is 1. The van der Waals surface area contributed by atoms with Crippen molar-refractivity contribution in [2.24, 2.45) is 5.73 Å². The zero-order chi connectivity index (χ0) is 22.9. The van der Waals surface area contributed by atoms with Gasteiger partial charge in [0.25, 0.3) is 5.91 Å². The van der Waals surface area contributed by atoms with Gasteiger partial charge in [-0.25, -0.2) is 0 Å². The molecule has 0 saturated heterocycles. The van der Waals surface area contributed by atoms with Crippen molar-refractivity contribution in [2.45, 2.75) is 26.3 Å². The number of carbonyl (C=O) groups is 1. The fraction of sp³-hybridized carbons (Fsp3) is 0.269. The molecule has 0 bridgehead atoms. The van der Waals surface area contributed by atoms with Crippen molar-refractivity contribution in [3.63, 3.8) is 0 Å². The lowest BCUT2D eigenvalue weighted by Crippen LogP contribution is -2.26. The number of ether oxygens (including phenoxy) is 3. The molecule has 2 aromatic carbocycles. The predicted octanol–water partition coefficient (Wildman–Crippen LogP) is 4.63. The Hall–Kier alpha value is -3.51. The van der Waals surface area contributed by atoms with E-state index in [0.717, 1.165) is 23.3 Å². The highest BCUT2D eigenvalue weighted by Crippen LogP contribution is 2.26. The Kier molecular flexibility index (Phi) is 8.11. The van der Waals surface area contributed by atoms with E-state index < -0.39 is 0 Å². The number of nitrogens with two attached hydrogens (primary N) is 1. The van der Waals surface area contributed by atoms with Crippen LogP contribution in [-0.2, 0) is 16.1 Å². The van der Waals surface area contributed by atoms with Crippen LogP contribution in [-0.4, -0.2) is 26.7 Å². The number of methoxy groups -OCH3 is 2. The van der Waals surface area contributed by atoms with E-state index >= 15 is 0 Å². The number of allylic oxidation sites excluding steroid dienone is 1. The van der Waals surface area contributed by atoms with E-state index in [1.54, 1.807) is 20.3 Å². The molecule has 168 valence electrons. The van der Waals surface area contributed by atoms with Gasteiger partial charge in [0.1, 0.15) is 17.2 Å². The molecule has 2 aromatic rings. The Morgan fingerprint density at radius 3 is 2.47 bits per heavy atom. The van der Waals surface area contributed by atoms with Gasteiger partial charge in [0.05, 0.1) is 19.3 Å². The first-order chi connectivity index (χ1) is 15.5. The van der Waals surface area contributed by atoms with E-state index in [1.807, 2.05) is 54.6 Å². The minimum absolute atomic E-state index is 0.202. The number of carbonyl (C=O) groups excluding carboxylic acids is 1. The third-order valence-electron chi connectivity index (χ3n) is 5.25. The van der Waals surface area contributed by atoms with Crippen LogP contribution >= 0.6 is 0 Å². The summed E-state index contributed by atoms with van der Waals surface area (Å²) in [7, 11) is 3.28. The number of hydrogen-bond acceptors (Lipinski definition) is 5. The molecular weight excluding hydrogens is 404 g/mol. The van der Waals surface area contributed by atoms with Gasteiger partial charge in [0.2, 0.25) is 0 Å². The monoisotopic (exact) mass is 434 g/mol.